The Morgan fingerprint density at radius 2 is 1.93 bits per heavy atom. The number of anilines is 1. The maximum atomic E-state index is 5.77. The fourth-order valence-electron chi connectivity index (χ4n) is 1.32. The molecule has 0 aliphatic carbocycles. The Morgan fingerprint density at radius 1 is 1.36 bits per heavy atom. The molecule has 0 heterocycles. The molecule has 0 amide bonds. The van der Waals surface area contributed by atoms with Crippen molar-refractivity contribution in [3.63, 3.8) is 0 Å². The second-order valence-corrected chi connectivity index (χ2v) is 3.16. The number of nitrogens with zero attached hydrogens (tertiary/aromatic N) is 2. The Morgan fingerprint density at radius 3 is 2.36 bits per heavy atom. The van der Waals surface area contributed by atoms with Crippen LogP contribution in [0.25, 0.3) is 0 Å². The molecular formula is C11H17N3. The second-order valence-electron chi connectivity index (χ2n) is 3.16. The van der Waals surface area contributed by atoms with Crippen LogP contribution in [-0.4, -0.2) is 19.6 Å². The van der Waals surface area contributed by atoms with E-state index in [1.807, 2.05) is 4.90 Å². The highest BCUT2D eigenvalue weighted by molar-refractivity contribution is 5.94. The van der Waals surface area contributed by atoms with Crippen molar-refractivity contribution in [1.82, 2.24) is 0 Å². The number of hydrogen-bond acceptors (Lipinski definition) is 1. The Kier molecular flexibility index (Phi) is 3.51. The first-order valence-corrected chi connectivity index (χ1v) is 4.75. The largest absolute Gasteiger partial charge is 0.370 e. The number of nitrogens with two attached hydrogens (primary N) is 1. The van der Waals surface area contributed by atoms with Gasteiger partial charge in [-0.05, 0) is 26.0 Å². The molecule has 0 saturated heterocycles. The lowest BCUT2D eigenvalue weighted by Crippen LogP contribution is -2.37. The van der Waals surface area contributed by atoms with Gasteiger partial charge in [-0.1, -0.05) is 17.7 Å². The lowest BCUT2D eigenvalue weighted by Gasteiger charge is -2.21. The third-order valence-electron chi connectivity index (χ3n) is 2.17. The summed E-state index contributed by atoms with van der Waals surface area (Å²) < 4.78 is 0. The minimum absolute atomic E-state index is 0.552. The summed E-state index contributed by atoms with van der Waals surface area (Å²) in [7, 11) is 1.70. The van der Waals surface area contributed by atoms with Gasteiger partial charge in [0.15, 0.2) is 5.96 Å². The Balaban J connectivity index is 2.95. The molecule has 0 unspecified atom stereocenters. The summed E-state index contributed by atoms with van der Waals surface area (Å²) in [5.41, 5.74) is 8.11. The van der Waals surface area contributed by atoms with Gasteiger partial charge in [0.25, 0.3) is 0 Å². The van der Waals surface area contributed by atoms with Crippen molar-refractivity contribution in [3.05, 3.63) is 29.8 Å². The van der Waals surface area contributed by atoms with Gasteiger partial charge in [-0.25, -0.2) is 0 Å². The summed E-state index contributed by atoms with van der Waals surface area (Å²) >= 11 is 0. The Bertz CT molecular complexity index is 314. The number of guanidine groups is 1. The normalized spacial score (nSPS) is 11.5. The highest BCUT2D eigenvalue weighted by atomic mass is 15.2. The van der Waals surface area contributed by atoms with Crippen LogP contribution in [0.2, 0.25) is 0 Å². The summed E-state index contributed by atoms with van der Waals surface area (Å²) in [6.45, 7) is 4.95. The fourth-order valence-corrected chi connectivity index (χ4v) is 1.32. The van der Waals surface area contributed by atoms with Gasteiger partial charge in [0.1, 0.15) is 0 Å². The highest BCUT2D eigenvalue weighted by Crippen LogP contribution is 2.14. The van der Waals surface area contributed by atoms with Crippen molar-refractivity contribution < 1.29 is 0 Å². The number of aryl methyl sites for hydroxylation is 1. The average Bonchev–Trinajstić information content (AvgIpc) is 2.21. The zero-order chi connectivity index (χ0) is 10.6. The van der Waals surface area contributed by atoms with E-state index in [0.717, 1.165) is 12.2 Å². The molecule has 3 nitrogen and oxygen atoms in total. The average molecular weight is 191 g/mol. The maximum absolute atomic E-state index is 5.77. The molecule has 1 rings (SSSR count). The van der Waals surface area contributed by atoms with Crippen molar-refractivity contribution in [2.75, 3.05) is 18.5 Å². The molecule has 0 fully saturated rings. The lowest BCUT2D eigenvalue weighted by atomic mass is 10.2. The van der Waals surface area contributed by atoms with Crippen molar-refractivity contribution in [3.8, 4) is 0 Å². The van der Waals surface area contributed by atoms with E-state index in [1.165, 1.54) is 5.56 Å². The SMILES string of the molecule is CCN(C(N)=NC)c1ccc(C)cc1. The van der Waals surface area contributed by atoms with E-state index in [0.29, 0.717) is 5.96 Å². The van der Waals surface area contributed by atoms with Crippen molar-refractivity contribution in [2.45, 2.75) is 13.8 Å². The summed E-state index contributed by atoms with van der Waals surface area (Å²) in [5.74, 6) is 0.552. The molecule has 3 heteroatoms. The maximum Gasteiger partial charge on any atom is 0.195 e. The quantitative estimate of drug-likeness (QED) is 0.571. The Labute approximate surface area is 85.3 Å². The van der Waals surface area contributed by atoms with Crippen LogP contribution in [-0.2, 0) is 0 Å². The van der Waals surface area contributed by atoms with Crippen molar-refractivity contribution >= 4 is 11.6 Å². The molecule has 0 saturated carbocycles. The van der Waals surface area contributed by atoms with E-state index < -0.39 is 0 Å². The monoisotopic (exact) mass is 191 g/mol. The van der Waals surface area contributed by atoms with Crippen LogP contribution in [0.5, 0.6) is 0 Å². The standard InChI is InChI=1S/C11H17N3/c1-4-14(11(12)13-3)10-7-5-9(2)6-8-10/h5-8H,4H2,1-3H3,(H2,12,13). The molecular weight excluding hydrogens is 174 g/mol. The molecule has 0 aliphatic heterocycles. The molecule has 0 bridgehead atoms. The zero-order valence-corrected chi connectivity index (χ0v) is 8.99. The first kappa shape index (κ1) is 10.6. The summed E-state index contributed by atoms with van der Waals surface area (Å²) in [4.78, 5) is 5.95. The van der Waals surface area contributed by atoms with Crippen LogP contribution in [0.15, 0.2) is 29.3 Å². The molecule has 0 aromatic heterocycles. The molecule has 1 aromatic carbocycles. The zero-order valence-electron chi connectivity index (χ0n) is 8.99. The number of rotatable bonds is 2. The smallest absolute Gasteiger partial charge is 0.195 e. The third-order valence-corrected chi connectivity index (χ3v) is 2.17. The van der Waals surface area contributed by atoms with Crippen molar-refractivity contribution in [1.29, 1.82) is 0 Å². The molecule has 0 atom stereocenters. The van der Waals surface area contributed by atoms with Crippen LogP contribution < -0.4 is 10.6 Å². The number of hydrogen-bond donors (Lipinski definition) is 1. The van der Waals surface area contributed by atoms with Crippen LogP contribution >= 0.6 is 0 Å². The van der Waals surface area contributed by atoms with Crippen LogP contribution in [0.1, 0.15) is 12.5 Å². The van der Waals surface area contributed by atoms with Gasteiger partial charge >= 0.3 is 0 Å². The summed E-state index contributed by atoms with van der Waals surface area (Å²) in [6, 6.07) is 8.25. The van der Waals surface area contributed by atoms with Crippen LogP contribution in [0.3, 0.4) is 0 Å². The molecule has 0 spiro atoms. The van der Waals surface area contributed by atoms with E-state index in [9.17, 15) is 0 Å². The minimum atomic E-state index is 0.552. The molecule has 0 aliphatic rings. The van der Waals surface area contributed by atoms with E-state index in [1.54, 1.807) is 7.05 Å². The van der Waals surface area contributed by atoms with Gasteiger partial charge in [0.05, 0.1) is 0 Å². The topological polar surface area (TPSA) is 41.6 Å². The van der Waals surface area contributed by atoms with E-state index in [4.69, 9.17) is 5.73 Å². The molecule has 2 N–H and O–H groups in total. The first-order valence-electron chi connectivity index (χ1n) is 4.75. The molecule has 14 heavy (non-hydrogen) atoms. The highest BCUT2D eigenvalue weighted by Gasteiger charge is 2.06. The van der Waals surface area contributed by atoms with E-state index in [2.05, 4.69) is 43.1 Å². The molecule has 0 radical (unpaired) electrons. The van der Waals surface area contributed by atoms with Gasteiger partial charge < -0.3 is 10.6 Å². The van der Waals surface area contributed by atoms with E-state index in [-0.39, 0.29) is 0 Å². The van der Waals surface area contributed by atoms with Gasteiger partial charge in [-0.3, -0.25) is 4.99 Å². The fraction of sp³-hybridized carbons (Fsp3) is 0.364. The minimum Gasteiger partial charge on any atom is -0.370 e. The summed E-state index contributed by atoms with van der Waals surface area (Å²) in [6.07, 6.45) is 0. The van der Waals surface area contributed by atoms with Crippen LogP contribution in [0, 0.1) is 6.92 Å². The number of aliphatic imine (C=N–C) groups is 1. The second kappa shape index (κ2) is 4.65. The summed E-state index contributed by atoms with van der Waals surface area (Å²) in [5, 5.41) is 0. The Hall–Kier alpha value is -1.51. The van der Waals surface area contributed by atoms with Gasteiger partial charge in [-0.2, -0.15) is 0 Å². The van der Waals surface area contributed by atoms with Crippen molar-refractivity contribution in [2.24, 2.45) is 10.7 Å². The predicted octanol–water partition coefficient (Wildman–Crippen LogP) is 1.77. The van der Waals surface area contributed by atoms with Gasteiger partial charge in [0.2, 0.25) is 0 Å². The number of benzene rings is 1. The molecule has 76 valence electrons. The third kappa shape index (κ3) is 2.25. The van der Waals surface area contributed by atoms with Crippen LogP contribution in [0.4, 0.5) is 5.69 Å². The molecule has 1 aromatic rings. The van der Waals surface area contributed by atoms with Gasteiger partial charge in [-0.15, -0.1) is 0 Å². The predicted molar refractivity (Wildman–Crippen MR) is 61.7 cm³/mol. The lowest BCUT2D eigenvalue weighted by molar-refractivity contribution is 1.03. The van der Waals surface area contributed by atoms with E-state index >= 15 is 0 Å². The van der Waals surface area contributed by atoms with Gasteiger partial charge in [0, 0.05) is 19.3 Å². The first-order chi connectivity index (χ1) is 6.69.